The summed E-state index contributed by atoms with van der Waals surface area (Å²) in [6.07, 6.45) is 1.78. The molecule has 0 unspecified atom stereocenters. The highest BCUT2D eigenvalue weighted by Crippen LogP contribution is 2.29. The van der Waals surface area contributed by atoms with Gasteiger partial charge in [-0.15, -0.1) is 0 Å². The van der Waals surface area contributed by atoms with E-state index in [1.165, 1.54) is 23.9 Å². The Balaban J connectivity index is 2.18. The maximum absolute atomic E-state index is 12.7. The summed E-state index contributed by atoms with van der Waals surface area (Å²) in [5.74, 6) is -0.663. The number of thioether (sulfide) groups is 1. The van der Waals surface area contributed by atoms with Crippen molar-refractivity contribution in [2.24, 2.45) is 4.99 Å². The quantitative estimate of drug-likeness (QED) is 0.754. The third-order valence-corrected chi connectivity index (χ3v) is 3.05. The van der Waals surface area contributed by atoms with Crippen LogP contribution in [-0.2, 0) is 4.79 Å². The number of halogens is 1. The summed E-state index contributed by atoms with van der Waals surface area (Å²) in [5, 5.41) is 9.01. The van der Waals surface area contributed by atoms with Crippen molar-refractivity contribution in [3.8, 4) is 6.07 Å². The minimum Gasteiger partial charge on any atom is -0.266 e. The van der Waals surface area contributed by atoms with Crippen LogP contribution in [0.4, 0.5) is 4.39 Å². The first kappa shape index (κ1) is 11.6. The minimum absolute atomic E-state index is 0.136. The maximum atomic E-state index is 12.7. The van der Waals surface area contributed by atoms with Gasteiger partial charge in [-0.05, 0) is 23.8 Å². The highest BCUT2D eigenvalue weighted by molar-refractivity contribution is 8.18. The van der Waals surface area contributed by atoms with Crippen molar-refractivity contribution in [2.45, 2.75) is 6.42 Å². The Kier molecular flexibility index (Phi) is 3.35. The Morgan fingerprint density at radius 1 is 1.41 bits per heavy atom. The fraction of sp³-hybridized carbons (Fsp3) is 0.0833. The number of hydrogen-bond donors (Lipinski definition) is 0. The number of nitrogens with zero attached hydrogens (tertiary/aromatic N) is 2. The SMILES string of the molecule is N#CCC1=NC(=O)/C(=C/c2ccc(F)cc2)S1. The second kappa shape index (κ2) is 4.93. The standard InChI is InChI=1S/C12H7FN2OS/c13-9-3-1-8(2-4-9)7-10-12(16)15-11(17-10)5-6-14/h1-4,7H,5H2/b10-7-. The lowest BCUT2D eigenvalue weighted by atomic mass is 10.2. The van der Waals surface area contributed by atoms with Gasteiger partial charge < -0.3 is 0 Å². The normalized spacial score (nSPS) is 17.1. The molecule has 17 heavy (non-hydrogen) atoms. The number of nitriles is 1. The van der Waals surface area contributed by atoms with Crippen molar-refractivity contribution in [3.05, 3.63) is 40.6 Å². The molecule has 0 saturated carbocycles. The number of aliphatic imine (C=N–C) groups is 1. The van der Waals surface area contributed by atoms with Crippen molar-refractivity contribution in [1.29, 1.82) is 5.26 Å². The summed E-state index contributed by atoms with van der Waals surface area (Å²) in [4.78, 5) is 15.7. The lowest BCUT2D eigenvalue weighted by Gasteiger charge is -1.95. The lowest BCUT2D eigenvalue weighted by Crippen LogP contribution is -1.87. The van der Waals surface area contributed by atoms with Crippen LogP contribution in [-0.4, -0.2) is 11.0 Å². The molecule has 0 bridgehead atoms. The molecule has 84 valence electrons. The summed E-state index contributed by atoms with van der Waals surface area (Å²) < 4.78 is 12.7. The van der Waals surface area contributed by atoms with Crippen LogP contribution in [0.3, 0.4) is 0 Å². The van der Waals surface area contributed by atoms with Crippen molar-refractivity contribution >= 4 is 28.8 Å². The molecule has 1 amide bonds. The van der Waals surface area contributed by atoms with E-state index in [9.17, 15) is 9.18 Å². The zero-order valence-electron chi connectivity index (χ0n) is 8.68. The average molecular weight is 246 g/mol. The Labute approximate surface area is 102 Å². The summed E-state index contributed by atoms with van der Waals surface area (Å²) in [5.41, 5.74) is 0.732. The van der Waals surface area contributed by atoms with Crippen LogP contribution >= 0.6 is 11.8 Å². The molecule has 2 rings (SSSR count). The topological polar surface area (TPSA) is 53.2 Å². The Morgan fingerprint density at radius 2 is 2.12 bits per heavy atom. The van der Waals surface area contributed by atoms with Crippen molar-refractivity contribution < 1.29 is 9.18 Å². The molecule has 0 radical (unpaired) electrons. The van der Waals surface area contributed by atoms with E-state index in [0.717, 1.165) is 5.56 Å². The Morgan fingerprint density at radius 3 is 2.76 bits per heavy atom. The van der Waals surface area contributed by atoms with E-state index in [1.807, 2.05) is 6.07 Å². The zero-order valence-corrected chi connectivity index (χ0v) is 9.50. The average Bonchev–Trinajstić information content (AvgIpc) is 2.63. The van der Waals surface area contributed by atoms with Crippen LogP contribution < -0.4 is 0 Å². The highest BCUT2D eigenvalue weighted by Gasteiger charge is 2.21. The lowest BCUT2D eigenvalue weighted by molar-refractivity contribution is -0.113. The van der Waals surface area contributed by atoms with E-state index in [2.05, 4.69) is 4.99 Å². The Hall–Kier alpha value is -1.93. The smallest absolute Gasteiger partial charge is 0.266 e. The van der Waals surface area contributed by atoms with E-state index >= 15 is 0 Å². The van der Waals surface area contributed by atoms with Crippen LogP contribution in [0.15, 0.2) is 34.2 Å². The number of benzene rings is 1. The minimum atomic E-state index is -0.343. The van der Waals surface area contributed by atoms with Gasteiger partial charge in [0, 0.05) is 0 Å². The highest BCUT2D eigenvalue weighted by atomic mass is 32.2. The van der Waals surface area contributed by atoms with Gasteiger partial charge in [0.05, 0.1) is 22.4 Å². The van der Waals surface area contributed by atoms with Gasteiger partial charge in [-0.25, -0.2) is 9.38 Å². The van der Waals surface area contributed by atoms with E-state index in [0.29, 0.717) is 9.95 Å². The molecule has 0 aromatic heterocycles. The molecule has 0 N–H and O–H groups in total. The van der Waals surface area contributed by atoms with Gasteiger partial charge >= 0.3 is 0 Å². The van der Waals surface area contributed by atoms with Crippen LogP contribution in [0.25, 0.3) is 6.08 Å². The molecular formula is C12H7FN2OS. The van der Waals surface area contributed by atoms with E-state index in [-0.39, 0.29) is 18.1 Å². The first-order chi connectivity index (χ1) is 8.19. The summed E-state index contributed by atoms with van der Waals surface area (Å²) in [6, 6.07) is 7.76. The second-order valence-corrected chi connectivity index (χ2v) is 4.42. The number of amides is 1. The van der Waals surface area contributed by atoms with Gasteiger partial charge in [0.2, 0.25) is 0 Å². The third kappa shape index (κ3) is 2.80. The first-order valence-corrected chi connectivity index (χ1v) is 5.64. The molecule has 0 atom stereocenters. The zero-order chi connectivity index (χ0) is 12.3. The molecule has 1 aromatic rings. The van der Waals surface area contributed by atoms with Gasteiger partial charge in [-0.1, -0.05) is 23.9 Å². The van der Waals surface area contributed by atoms with E-state index in [1.54, 1.807) is 18.2 Å². The van der Waals surface area contributed by atoms with Crippen LogP contribution in [0, 0.1) is 17.1 Å². The number of hydrogen-bond acceptors (Lipinski definition) is 3. The van der Waals surface area contributed by atoms with E-state index < -0.39 is 0 Å². The van der Waals surface area contributed by atoms with Crippen LogP contribution in [0.2, 0.25) is 0 Å². The summed E-state index contributed by atoms with van der Waals surface area (Å²) >= 11 is 1.19. The van der Waals surface area contributed by atoms with Crippen LogP contribution in [0.5, 0.6) is 0 Å². The molecule has 0 fully saturated rings. The number of rotatable bonds is 2. The molecule has 1 aliphatic rings. The first-order valence-electron chi connectivity index (χ1n) is 4.83. The summed E-state index contributed by atoms with van der Waals surface area (Å²) in [7, 11) is 0. The van der Waals surface area contributed by atoms with E-state index in [4.69, 9.17) is 5.26 Å². The molecule has 0 saturated heterocycles. The molecule has 1 aromatic carbocycles. The largest absolute Gasteiger partial charge is 0.284 e. The third-order valence-electron chi connectivity index (χ3n) is 2.06. The number of carbonyl (C=O) groups excluding carboxylic acids is 1. The maximum Gasteiger partial charge on any atom is 0.284 e. The Bertz CT molecular complexity index is 555. The summed E-state index contributed by atoms with van der Waals surface area (Å²) in [6.45, 7) is 0. The fourth-order valence-corrected chi connectivity index (χ4v) is 2.15. The molecule has 1 aliphatic heterocycles. The van der Waals surface area contributed by atoms with Gasteiger partial charge in [-0.3, -0.25) is 4.79 Å². The second-order valence-electron chi connectivity index (χ2n) is 3.31. The molecule has 0 aliphatic carbocycles. The predicted molar refractivity (Wildman–Crippen MR) is 64.6 cm³/mol. The fourth-order valence-electron chi connectivity index (χ4n) is 1.31. The van der Waals surface area contributed by atoms with Gasteiger partial charge in [0.25, 0.3) is 5.91 Å². The molecule has 3 nitrogen and oxygen atoms in total. The van der Waals surface area contributed by atoms with Gasteiger partial charge in [-0.2, -0.15) is 5.26 Å². The molecular weight excluding hydrogens is 239 g/mol. The number of carbonyl (C=O) groups is 1. The van der Waals surface area contributed by atoms with Crippen molar-refractivity contribution in [3.63, 3.8) is 0 Å². The van der Waals surface area contributed by atoms with Crippen molar-refractivity contribution in [2.75, 3.05) is 0 Å². The molecule has 1 heterocycles. The van der Waals surface area contributed by atoms with Crippen molar-refractivity contribution in [1.82, 2.24) is 0 Å². The van der Waals surface area contributed by atoms with Gasteiger partial charge in [0.15, 0.2) is 0 Å². The van der Waals surface area contributed by atoms with Gasteiger partial charge in [0.1, 0.15) is 5.82 Å². The van der Waals surface area contributed by atoms with Crippen LogP contribution in [0.1, 0.15) is 12.0 Å². The molecule has 5 heteroatoms. The molecule has 0 spiro atoms. The monoisotopic (exact) mass is 246 g/mol. The predicted octanol–water partition coefficient (Wildman–Crippen LogP) is 2.75.